The third kappa shape index (κ3) is 2.77. The summed E-state index contributed by atoms with van der Waals surface area (Å²) in [5, 5.41) is 9.39. The van der Waals surface area contributed by atoms with E-state index < -0.39 is 0 Å². The van der Waals surface area contributed by atoms with E-state index in [1.165, 1.54) is 0 Å². The Hall–Kier alpha value is -2.70. The molecule has 0 spiro atoms. The van der Waals surface area contributed by atoms with Crippen LogP contribution in [0.2, 0.25) is 0 Å². The molecule has 7 nitrogen and oxygen atoms in total. The van der Waals surface area contributed by atoms with Crippen LogP contribution in [-0.2, 0) is 11.3 Å². The lowest BCUT2D eigenvalue weighted by molar-refractivity contribution is -0.133. The fourth-order valence-corrected chi connectivity index (χ4v) is 3.28. The summed E-state index contributed by atoms with van der Waals surface area (Å²) in [6.45, 7) is 3.44. The van der Waals surface area contributed by atoms with Crippen LogP contribution in [-0.4, -0.2) is 43.8 Å². The van der Waals surface area contributed by atoms with Gasteiger partial charge in [0.25, 0.3) is 0 Å². The second-order valence-corrected chi connectivity index (χ2v) is 6.21. The lowest BCUT2D eigenvalue weighted by Crippen LogP contribution is -2.41. The van der Waals surface area contributed by atoms with Gasteiger partial charge < -0.3 is 9.42 Å². The van der Waals surface area contributed by atoms with E-state index in [4.69, 9.17) is 4.52 Å². The lowest BCUT2D eigenvalue weighted by Gasteiger charge is -2.31. The van der Waals surface area contributed by atoms with E-state index in [1.807, 2.05) is 29.2 Å². The topological polar surface area (TPSA) is 77.1 Å². The standard InChI is InChI=1S/C17H19N5O2/c1-12-19-17(20-24-12)14-6-4-8-21(10-14)16(23)11-22-15-7-3-2-5-13(15)9-18-22/h2-3,5,7,9,14H,4,6,8,10-11H2,1H3/t14-/m0/s1. The molecule has 3 aromatic rings. The van der Waals surface area contributed by atoms with E-state index in [0.29, 0.717) is 18.3 Å². The Bertz CT molecular complexity index is 869. The maximum atomic E-state index is 12.7. The summed E-state index contributed by atoms with van der Waals surface area (Å²) in [5.74, 6) is 1.49. The molecule has 0 aliphatic carbocycles. The Kier molecular flexibility index (Phi) is 3.76. The molecule has 0 radical (unpaired) electrons. The molecule has 1 amide bonds. The summed E-state index contributed by atoms with van der Waals surface area (Å²) < 4.78 is 6.83. The molecule has 0 N–H and O–H groups in total. The Balaban J connectivity index is 1.48. The van der Waals surface area contributed by atoms with Crippen LogP contribution in [0.4, 0.5) is 0 Å². The minimum absolute atomic E-state index is 0.0776. The quantitative estimate of drug-likeness (QED) is 0.737. The van der Waals surface area contributed by atoms with Gasteiger partial charge >= 0.3 is 0 Å². The third-order valence-electron chi connectivity index (χ3n) is 4.52. The zero-order valence-corrected chi connectivity index (χ0v) is 13.6. The lowest BCUT2D eigenvalue weighted by atomic mass is 9.97. The van der Waals surface area contributed by atoms with Gasteiger partial charge in [-0.1, -0.05) is 23.4 Å². The van der Waals surface area contributed by atoms with Crippen LogP contribution < -0.4 is 0 Å². The van der Waals surface area contributed by atoms with Crippen LogP contribution in [0.15, 0.2) is 35.0 Å². The van der Waals surface area contributed by atoms with E-state index in [0.717, 1.165) is 30.3 Å². The van der Waals surface area contributed by atoms with Crippen molar-refractivity contribution in [1.82, 2.24) is 24.8 Å². The molecule has 124 valence electrons. The number of carbonyl (C=O) groups excluding carboxylic acids is 1. The Morgan fingerprint density at radius 3 is 3.08 bits per heavy atom. The average molecular weight is 325 g/mol. The van der Waals surface area contributed by atoms with Gasteiger partial charge in [0.15, 0.2) is 5.82 Å². The molecule has 1 aliphatic rings. The van der Waals surface area contributed by atoms with Crippen LogP contribution in [0, 0.1) is 6.92 Å². The molecule has 1 aliphatic heterocycles. The number of hydrogen-bond donors (Lipinski definition) is 0. The number of likely N-dealkylation sites (tertiary alicyclic amines) is 1. The van der Waals surface area contributed by atoms with Crippen molar-refractivity contribution in [1.29, 1.82) is 0 Å². The smallest absolute Gasteiger partial charge is 0.244 e. The highest BCUT2D eigenvalue weighted by molar-refractivity contribution is 5.82. The van der Waals surface area contributed by atoms with Gasteiger partial charge in [-0.25, -0.2) is 0 Å². The van der Waals surface area contributed by atoms with E-state index in [2.05, 4.69) is 15.2 Å². The fraction of sp³-hybridized carbons (Fsp3) is 0.412. The minimum atomic E-state index is 0.0776. The molecule has 1 atom stereocenters. The first kappa shape index (κ1) is 14.9. The fourth-order valence-electron chi connectivity index (χ4n) is 3.28. The number of aryl methyl sites for hydroxylation is 1. The number of rotatable bonds is 3. The van der Waals surface area contributed by atoms with Crippen LogP contribution in [0.25, 0.3) is 10.9 Å². The van der Waals surface area contributed by atoms with Gasteiger partial charge in [-0.3, -0.25) is 9.48 Å². The normalized spacial score (nSPS) is 18.2. The van der Waals surface area contributed by atoms with Crippen molar-refractivity contribution in [2.24, 2.45) is 0 Å². The molecule has 3 heterocycles. The van der Waals surface area contributed by atoms with Gasteiger partial charge in [0.2, 0.25) is 11.8 Å². The largest absolute Gasteiger partial charge is 0.340 e. The van der Waals surface area contributed by atoms with Crippen LogP contribution in [0.3, 0.4) is 0 Å². The van der Waals surface area contributed by atoms with Gasteiger partial charge in [0.1, 0.15) is 6.54 Å². The molecular weight excluding hydrogens is 306 g/mol. The van der Waals surface area contributed by atoms with E-state index in [9.17, 15) is 4.79 Å². The van der Waals surface area contributed by atoms with E-state index in [1.54, 1.807) is 17.8 Å². The number of nitrogens with zero attached hydrogens (tertiary/aromatic N) is 5. The molecule has 0 saturated carbocycles. The number of amides is 1. The van der Waals surface area contributed by atoms with Crippen molar-refractivity contribution in [2.45, 2.75) is 32.2 Å². The zero-order chi connectivity index (χ0) is 16.5. The van der Waals surface area contributed by atoms with Crippen LogP contribution in [0.5, 0.6) is 0 Å². The average Bonchev–Trinajstić information content (AvgIpc) is 3.22. The molecule has 0 unspecified atom stereocenters. The summed E-state index contributed by atoms with van der Waals surface area (Å²) >= 11 is 0. The van der Waals surface area contributed by atoms with Gasteiger partial charge in [-0.2, -0.15) is 10.1 Å². The van der Waals surface area contributed by atoms with Gasteiger partial charge in [0.05, 0.1) is 11.7 Å². The van der Waals surface area contributed by atoms with Gasteiger partial charge in [0, 0.05) is 31.3 Å². The van der Waals surface area contributed by atoms with Crippen molar-refractivity contribution >= 4 is 16.8 Å². The molecule has 7 heteroatoms. The highest BCUT2D eigenvalue weighted by Crippen LogP contribution is 2.25. The number of benzene rings is 1. The number of carbonyl (C=O) groups is 1. The first-order valence-electron chi connectivity index (χ1n) is 8.19. The number of piperidine rings is 1. The zero-order valence-electron chi connectivity index (χ0n) is 13.6. The maximum absolute atomic E-state index is 12.7. The third-order valence-corrected chi connectivity index (χ3v) is 4.52. The van der Waals surface area contributed by atoms with Crippen molar-refractivity contribution in [3.63, 3.8) is 0 Å². The molecule has 1 fully saturated rings. The minimum Gasteiger partial charge on any atom is -0.340 e. The second kappa shape index (κ2) is 6.07. The molecule has 1 aromatic carbocycles. The SMILES string of the molecule is Cc1nc([C@H]2CCCN(C(=O)Cn3ncc4ccccc43)C2)no1. The van der Waals surface area contributed by atoms with Gasteiger partial charge in [-0.05, 0) is 18.9 Å². The monoisotopic (exact) mass is 325 g/mol. The number of aromatic nitrogens is 4. The molecule has 1 saturated heterocycles. The maximum Gasteiger partial charge on any atom is 0.244 e. The predicted octanol–water partition coefficient (Wildman–Crippen LogP) is 2.13. The first-order chi connectivity index (χ1) is 11.7. The molecular formula is C17H19N5O2. The summed E-state index contributed by atoms with van der Waals surface area (Å²) in [7, 11) is 0. The molecule has 4 rings (SSSR count). The summed E-state index contributed by atoms with van der Waals surface area (Å²) in [6, 6.07) is 7.91. The Morgan fingerprint density at radius 1 is 1.38 bits per heavy atom. The Morgan fingerprint density at radius 2 is 2.25 bits per heavy atom. The number of hydrogen-bond acceptors (Lipinski definition) is 5. The van der Waals surface area contributed by atoms with Crippen LogP contribution in [0.1, 0.15) is 30.5 Å². The number of para-hydroxylation sites is 1. The highest BCUT2D eigenvalue weighted by atomic mass is 16.5. The molecule has 2 aromatic heterocycles. The first-order valence-corrected chi connectivity index (χ1v) is 8.19. The number of fused-ring (bicyclic) bond motifs is 1. The Labute approximate surface area is 139 Å². The second-order valence-electron chi connectivity index (χ2n) is 6.21. The summed E-state index contributed by atoms with van der Waals surface area (Å²) in [4.78, 5) is 18.9. The van der Waals surface area contributed by atoms with Crippen molar-refractivity contribution < 1.29 is 9.32 Å². The van der Waals surface area contributed by atoms with Crippen molar-refractivity contribution in [2.75, 3.05) is 13.1 Å². The predicted molar refractivity (Wildman–Crippen MR) is 87.3 cm³/mol. The molecule has 24 heavy (non-hydrogen) atoms. The van der Waals surface area contributed by atoms with E-state index in [-0.39, 0.29) is 18.4 Å². The highest BCUT2D eigenvalue weighted by Gasteiger charge is 2.28. The van der Waals surface area contributed by atoms with Gasteiger partial charge in [-0.15, -0.1) is 0 Å². The van der Waals surface area contributed by atoms with Crippen molar-refractivity contribution in [3.8, 4) is 0 Å². The summed E-state index contributed by atoms with van der Waals surface area (Å²) in [6.07, 6.45) is 3.72. The summed E-state index contributed by atoms with van der Waals surface area (Å²) in [5.41, 5.74) is 0.980. The van der Waals surface area contributed by atoms with E-state index >= 15 is 0 Å². The molecule has 0 bridgehead atoms. The van der Waals surface area contributed by atoms with Crippen molar-refractivity contribution in [3.05, 3.63) is 42.2 Å². The van der Waals surface area contributed by atoms with Crippen LogP contribution >= 0.6 is 0 Å².